The third-order valence-corrected chi connectivity index (χ3v) is 4.18. The van der Waals surface area contributed by atoms with Crippen molar-refractivity contribution >= 4 is 27.6 Å². The molecule has 0 aliphatic carbocycles. The van der Waals surface area contributed by atoms with Crippen molar-refractivity contribution in [1.82, 2.24) is 4.98 Å². The predicted molar refractivity (Wildman–Crippen MR) is 71.8 cm³/mol. The van der Waals surface area contributed by atoms with E-state index < -0.39 is 6.04 Å². The molecule has 0 saturated carbocycles. The van der Waals surface area contributed by atoms with Gasteiger partial charge in [-0.05, 0) is 36.3 Å². The monoisotopic (exact) mass is 272 g/mol. The molecule has 0 radical (unpaired) electrons. The number of aromatic nitrogens is 1. The molecule has 1 unspecified atom stereocenters. The summed E-state index contributed by atoms with van der Waals surface area (Å²) in [7, 11) is 3.22. The van der Waals surface area contributed by atoms with E-state index in [2.05, 4.69) is 4.98 Å². The van der Waals surface area contributed by atoms with Gasteiger partial charge >= 0.3 is 5.97 Å². The molecule has 94 valence electrons. The van der Waals surface area contributed by atoms with Crippen LogP contribution in [0.5, 0.6) is 0 Å². The van der Waals surface area contributed by atoms with Crippen molar-refractivity contribution in [2.45, 2.75) is 24.4 Å². The second-order valence-corrected chi connectivity index (χ2v) is 5.66. The maximum atomic E-state index is 11.2. The maximum absolute atomic E-state index is 11.2. The Kier molecular flexibility index (Phi) is 7.07. The van der Waals surface area contributed by atoms with Crippen molar-refractivity contribution in [3.05, 3.63) is 24.4 Å². The zero-order valence-corrected chi connectivity index (χ0v) is 11.3. The molecule has 1 aromatic rings. The van der Waals surface area contributed by atoms with Gasteiger partial charge in [0.1, 0.15) is 11.1 Å². The normalized spacial score (nSPS) is 12.1. The highest BCUT2D eigenvalue weighted by Crippen LogP contribution is 2.29. The van der Waals surface area contributed by atoms with E-state index in [4.69, 9.17) is 10.5 Å². The highest BCUT2D eigenvalue weighted by atomic mass is 33.1. The number of carbonyl (C=O) groups excluding carboxylic acids is 1. The number of pyridine rings is 1. The van der Waals surface area contributed by atoms with E-state index in [9.17, 15) is 4.79 Å². The molecule has 0 aliphatic rings. The molecular formula is C11H16N2O2S2. The summed E-state index contributed by atoms with van der Waals surface area (Å²) in [6.45, 7) is 2.15. The second kappa shape index (κ2) is 8.38. The minimum atomic E-state index is -0.521. The Labute approximate surface area is 109 Å². The molecular weight excluding hydrogens is 256 g/mol. The zero-order valence-electron chi connectivity index (χ0n) is 9.67. The molecule has 0 aliphatic heterocycles. The van der Waals surface area contributed by atoms with Crippen molar-refractivity contribution < 1.29 is 9.53 Å². The molecule has 1 heterocycles. The number of rotatable bonds is 7. The zero-order chi connectivity index (χ0) is 12.5. The molecule has 17 heavy (non-hydrogen) atoms. The molecule has 1 aromatic heterocycles. The Balaban J connectivity index is 2.14. The first kappa shape index (κ1) is 14.3. The molecule has 0 aromatic carbocycles. The van der Waals surface area contributed by atoms with Crippen molar-refractivity contribution in [3.63, 3.8) is 0 Å². The third kappa shape index (κ3) is 5.95. The van der Waals surface area contributed by atoms with Crippen LogP contribution in [-0.2, 0) is 9.53 Å². The average Bonchev–Trinajstić information content (AvgIpc) is 2.36. The number of nitrogens with two attached hydrogens (primary N) is 1. The van der Waals surface area contributed by atoms with Gasteiger partial charge in [0.05, 0.1) is 6.61 Å². The summed E-state index contributed by atoms with van der Waals surface area (Å²) >= 11 is 0. The highest BCUT2D eigenvalue weighted by Gasteiger charge is 2.13. The Bertz CT molecular complexity index is 336. The second-order valence-electron chi connectivity index (χ2n) is 3.22. The van der Waals surface area contributed by atoms with E-state index in [1.54, 1.807) is 34.7 Å². The fraction of sp³-hybridized carbons (Fsp3) is 0.455. The Morgan fingerprint density at radius 2 is 2.41 bits per heavy atom. The third-order valence-electron chi connectivity index (χ3n) is 1.88. The summed E-state index contributed by atoms with van der Waals surface area (Å²) in [5.74, 6) is 0.470. The first-order chi connectivity index (χ1) is 8.24. The van der Waals surface area contributed by atoms with E-state index in [1.807, 2.05) is 18.2 Å². The van der Waals surface area contributed by atoms with Gasteiger partial charge in [-0.1, -0.05) is 16.9 Å². The molecule has 0 fully saturated rings. The molecule has 0 spiro atoms. The minimum Gasteiger partial charge on any atom is -0.465 e. The summed E-state index contributed by atoms with van der Waals surface area (Å²) in [5, 5.41) is 0.960. The fourth-order valence-electron chi connectivity index (χ4n) is 1.04. The quantitative estimate of drug-likeness (QED) is 0.466. The number of hydrogen-bond donors (Lipinski definition) is 1. The maximum Gasteiger partial charge on any atom is 0.322 e. The summed E-state index contributed by atoms with van der Waals surface area (Å²) in [4.78, 5) is 15.4. The van der Waals surface area contributed by atoms with Gasteiger partial charge in [0.2, 0.25) is 0 Å². The highest BCUT2D eigenvalue weighted by molar-refractivity contribution is 8.76. The summed E-state index contributed by atoms with van der Waals surface area (Å²) < 4.78 is 4.83. The summed E-state index contributed by atoms with van der Waals surface area (Å²) in [5.41, 5.74) is 5.67. The van der Waals surface area contributed by atoms with Crippen LogP contribution in [0.1, 0.15) is 13.3 Å². The number of carbonyl (C=O) groups is 1. The minimum absolute atomic E-state index is 0.323. The lowest BCUT2D eigenvalue weighted by Gasteiger charge is -2.09. The molecule has 1 rings (SSSR count). The van der Waals surface area contributed by atoms with Crippen LogP contribution in [0.3, 0.4) is 0 Å². The van der Waals surface area contributed by atoms with Crippen LogP contribution in [0.25, 0.3) is 0 Å². The number of hydrogen-bond acceptors (Lipinski definition) is 6. The van der Waals surface area contributed by atoms with Crippen molar-refractivity contribution in [2.75, 3.05) is 12.4 Å². The first-order valence-corrected chi connectivity index (χ1v) is 7.68. The van der Waals surface area contributed by atoms with Gasteiger partial charge in [0.15, 0.2) is 0 Å². The molecule has 2 N–H and O–H groups in total. The van der Waals surface area contributed by atoms with Crippen LogP contribution in [0.2, 0.25) is 0 Å². The van der Waals surface area contributed by atoms with Gasteiger partial charge in [0, 0.05) is 11.9 Å². The van der Waals surface area contributed by atoms with E-state index >= 15 is 0 Å². The molecule has 6 heteroatoms. The van der Waals surface area contributed by atoms with Crippen LogP contribution in [0, 0.1) is 0 Å². The van der Waals surface area contributed by atoms with Gasteiger partial charge in [-0.25, -0.2) is 4.98 Å². The topological polar surface area (TPSA) is 65.2 Å². The number of ether oxygens (including phenoxy) is 1. The van der Waals surface area contributed by atoms with Gasteiger partial charge in [-0.15, -0.1) is 0 Å². The average molecular weight is 272 g/mol. The van der Waals surface area contributed by atoms with E-state index in [1.165, 1.54) is 0 Å². The lowest BCUT2D eigenvalue weighted by atomic mass is 10.2. The number of nitrogens with zero attached hydrogens (tertiary/aromatic N) is 1. The summed E-state index contributed by atoms with van der Waals surface area (Å²) in [6.07, 6.45) is 2.37. The Hall–Kier alpha value is -0.720. The van der Waals surface area contributed by atoms with Gasteiger partial charge in [-0.2, -0.15) is 0 Å². The van der Waals surface area contributed by atoms with Crippen LogP contribution in [0.4, 0.5) is 0 Å². The first-order valence-electron chi connectivity index (χ1n) is 5.36. The van der Waals surface area contributed by atoms with E-state index in [-0.39, 0.29) is 5.97 Å². The molecule has 1 atom stereocenters. The van der Waals surface area contributed by atoms with Gasteiger partial charge < -0.3 is 10.5 Å². The molecule has 4 nitrogen and oxygen atoms in total. The van der Waals surface area contributed by atoms with Crippen molar-refractivity contribution in [3.8, 4) is 0 Å². The lowest BCUT2D eigenvalue weighted by Crippen LogP contribution is -2.32. The van der Waals surface area contributed by atoms with Crippen molar-refractivity contribution in [1.29, 1.82) is 0 Å². The number of esters is 1. The fourth-order valence-corrected chi connectivity index (χ4v) is 3.03. The SMILES string of the molecule is CCOC(=O)C(N)CCSSc1ccccn1. The predicted octanol–water partition coefficient (Wildman–Crippen LogP) is 2.10. The Morgan fingerprint density at radius 1 is 1.59 bits per heavy atom. The van der Waals surface area contributed by atoms with Gasteiger partial charge in [-0.3, -0.25) is 4.79 Å². The van der Waals surface area contributed by atoms with Gasteiger partial charge in [0.25, 0.3) is 0 Å². The lowest BCUT2D eigenvalue weighted by molar-refractivity contribution is -0.144. The standard InChI is InChI=1S/C11H16N2O2S2/c1-2-15-11(14)9(12)6-8-16-17-10-5-3-4-7-13-10/h3-5,7,9H,2,6,8,12H2,1H3. The smallest absolute Gasteiger partial charge is 0.322 e. The van der Waals surface area contributed by atoms with Crippen molar-refractivity contribution in [2.24, 2.45) is 5.73 Å². The summed E-state index contributed by atoms with van der Waals surface area (Å²) in [6, 6.07) is 5.25. The van der Waals surface area contributed by atoms with E-state index in [0.29, 0.717) is 13.0 Å². The van der Waals surface area contributed by atoms with Crippen LogP contribution >= 0.6 is 21.6 Å². The van der Waals surface area contributed by atoms with Crippen LogP contribution in [0.15, 0.2) is 29.4 Å². The Morgan fingerprint density at radius 3 is 3.06 bits per heavy atom. The molecule has 0 saturated heterocycles. The largest absolute Gasteiger partial charge is 0.465 e. The molecule has 0 bridgehead atoms. The molecule has 0 amide bonds. The van der Waals surface area contributed by atoms with E-state index in [0.717, 1.165) is 10.8 Å². The van der Waals surface area contributed by atoms with Crippen LogP contribution < -0.4 is 5.73 Å². The van der Waals surface area contributed by atoms with Crippen LogP contribution in [-0.4, -0.2) is 29.4 Å².